The Morgan fingerprint density at radius 3 is 2.72 bits per heavy atom. The van der Waals surface area contributed by atoms with Crippen LogP contribution in [0.2, 0.25) is 0 Å². The van der Waals surface area contributed by atoms with E-state index in [2.05, 4.69) is 21.3 Å². The fourth-order valence-corrected chi connectivity index (χ4v) is 2.32. The van der Waals surface area contributed by atoms with Gasteiger partial charge in [0.15, 0.2) is 0 Å². The van der Waals surface area contributed by atoms with Crippen LogP contribution in [0.15, 0.2) is 29.4 Å². The number of nitrogens with zero attached hydrogens (tertiary/aromatic N) is 3. The second kappa shape index (κ2) is 5.56. The van der Waals surface area contributed by atoms with Crippen molar-refractivity contribution in [2.24, 2.45) is 0 Å². The lowest BCUT2D eigenvalue weighted by molar-refractivity contribution is 0.954. The van der Waals surface area contributed by atoms with Gasteiger partial charge in [0.25, 0.3) is 0 Å². The Hall–Kier alpha value is -2.00. The number of benzene rings is 1. The number of nitrogen functional groups attached to an aromatic ring is 1. The highest BCUT2D eigenvalue weighted by atomic mass is 32.2. The molecule has 0 aliphatic heterocycles. The van der Waals surface area contributed by atoms with Gasteiger partial charge in [0.2, 0.25) is 11.1 Å². The van der Waals surface area contributed by atoms with Gasteiger partial charge in [-0.15, -0.1) is 5.10 Å². The molecule has 1 aromatic heterocycles. The van der Waals surface area contributed by atoms with Crippen molar-refractivity contribution < 1.29 is 0 Å². The highest BCUT2D eigenvalue weighted by molar-refractivity contribution is 8.00. The van der Waals surface area contributed by atoms with Gasteiger partial charge in [0.05, 0.1) is 6.07 Å². The minimum atomic E-state index is -0.220. The summed E-state index contributed by atoms with van der Waals surface area (Å²) in [5, 5.41) is 15.9. The molecule has 0 spiro atoms. The van der Waals surface area contributed by atoms with Crippen LogP contribution in [-0.4, -0.2) is 20.4 Å². The fourth-order valence-electron chi connectivity index (χ4n) is 1.49. The van der Waals surface area contributed by atoms with Crippen molar-refractivity contribution in [1.29, 1.82) is 5.26 Å². The van der Waals surface area contributed by atoms with Gasteiger partial charge in [-0.05, 0) is 18.9 Å². The van der Waals surface area contributed by atoms with E-state index in [1.54, 1.807) is 0 Å². The molecule has 1 heterocycles. The Balaban J connectivity index is 2.02. The summed E-state index contributed by atoms with van der Waals surface area (Å²) in [5.41, 5.74) is 7.78. The molecule has 1 aromatic carbocycles. The topological polar surface area (TPSA) is 91.4 Å². The minimum Gasteiger partial charge on any atom is -0.368 e. The van der Waals surface area contributed by atoms with Gasteiger partial charge >= 0.3 is 0 Å². The van der Waals surface area contributed by atoms with Crippen molar-refractivity contribution in [2.45, 2.75) is 23.8 Å². The van der Waals surface area contributed by atoms with E-state index in [0.29, 0.717) is 11.6 Å². The molecule has 3 N–H and O–H groups in total. The molecule has 1 atom stereocenters. The quantitative estimate of drug-likeness (QED) is 0.818. The van der Waals surface area contributed by atoms with Crippen LogP contribution >= 0.6 is 11.8 Å². The molecule has 5 nitrogen and oxygen atoms in total. The Kier molecular flexibility index (Phi) is 3.85. The van der Waals surface area contributed by atoms with Crippen molar-refractivity contribution in [2.75, 3.05) is 5.73 Å². The predicted molar refractivity (Wildman–Crippen MR) is 70.9 cm³/mol. The highest BCUT2D eigenvalue weighted by Crippen LogP contribution is 2.22. The van der Waals surface area contributed by atoms with E-state index < -0.39 is 0 Å². The van der Waals surface area contributed by atoms with E-state index in [-0.39, 0.29) is 11.2 Å². The van der Waals surface area contributed by atoms with Crippen LogP contribution in [0.4, 0.5) is 5.95 Å². The molecule has 6 heteroatoms. The van der Waals surface area contributed by atoms with Gasteiger partial charge < -0.3 is 5.73 Å². The summed E-state index contributed by atoms with van der Waals surface area (Å²) in [4.78, 5) is 3.98. The summed E-state index contributed by atoms with van der Waals surface area (Å²) in [6.07, 6.45) is 0.663. The average molecular weight is 259 g/mol. The second-order valence-electron chi connectivity index (χ2n) is 3.93. The molecule has 92 valence electrons. The summed E-state index contributed by atoms with van der Waals surface area (Å²) >= 11 is 1.31. The number of aromatic nitrogens is 3. The standard InChI is InChI=1S/C12H13N5S/c1-8-2-4-9(5-3-8)6-10(7-13)18-12-15-11(14)16-17-12/h2-5,10H,6H2,1H3,(H3,14,15,16,17)/t10-/m1/s1. The smallest absolute Gasteiger partial charge is 0.216 e. The molecule has 0 saturated heterocycles. The molecule has 0 saturated carbocycles. The molecule has 2 aromatic rings. The van der Waals surface area contributed by atoms with Gasteiger partial charge in [-0.2, -0.15) is 10.2 Å². The first kappa shape index (κ1) is 12.5. The highest BCUT2D eigenvalue weighted by Gasteiger charge is 2.13. The maximum absolute atomic E-state index is 9.14. The third-order valence-corrected chi connectivity index (χ3v) is 3.37. The average Bonchev–Trinajstić information content (AvgIpc) is 2.77. The summed E-state index contributed by atoms with van der Waals surface area (Å²) in [7, 11) is 0. The van der Waals surface area contributed by atoms with E-state index in [0.717, 1.165) is 5.56 Å². The lowest BCUT2D eigenvalue weighted by Crippen LogP contribution is -2.04. The molecule has 18 heavy (non-hydrogen) atoms. The number of nitrogens with one attached hydrogen (secondary N) is 1. The second-order valence-corrected chi connectivity index (χ2v) is 5.10. The van der Waals surface area contributed by atoms with Crippen LogP contribution in [0.1, 0.15) is 11.1 Å². The molecular formula is C12H13N5S. The molecule has 0 aliphatic rings. The van der Waals surface area contributed by atoms with Crippen molar-refractivity contribution in [3.8, 4) is 6.07 Å². The molecular weight excluding hydrogens is 246 g/mol. The number of hydrogen-bond acceptors (Lipinski definition) is 5. The molecule has 0 bridgehead atoms. The molecule has 0 fully saturated rings. The van der Waals surface area contributed by atoms with Gasteiger partial charge in [-0.1, -0.05) is 41.6 Å². The zero-order valence-electron chi connectivity index (χ0n) is 9.92. The number of nitrogens with two attached hydrogens (primary N) is 1. The van der Waals surface area contributed by atoms with Gasteiger partial charge in [0.1, 0.15) is 5.25 Å². The third kappa shape index (κ3) is 3.25. The Labute approximate surface area is 109 Å². The van der Waals surface area contributed by atoms with Crippen LogP contribution in [0.25, 0.3) is 0 Å². The van der Waals surface area contributed by atoms with E-state index in [1.165, 1.54) is 17.3 Å². The maximum Gasteiger partial charge on any atom is 0.216 e. The molecule has 0 radical (unpaired) electrons. The number of aryl methyl sites for hydroxylation is 1. The van der Waals surface area contributed by atoms with Crippen molar-refractivity contribution in [1.82, 2.24) is 15.2 Å². The zero-order valence-corrected chi connectivity index (χ0v) is 10.7. The Bertz CT molecular complexity index is 555. The number of nitriles is 1. The first-order valence-corrected chi connectivity index (χ1v) is 6.35. The van der Waals surface area contributed by atoms with E-state index in [4.69, 9.17) is 11.0 Å². The minimum absolute atomic E-state index is 0.220. The maximum atomic E-state index is 9.14. The van der Waals surface area contributed by atoms with E-state index in [1.807, 2.05) is 31.2 Å². The molecule has 0 aliphatic carbocycles. The summed E-state index contributed by atoms with van der Waals surface area (Å²) in [5.74, 6) is 0.268. The van der Waals surface area contributed by atoms with Crippen molar-refractivity contribution in [3.63, 3.8) is 0 Å². The van der Waals surface area contributed by atoms with E-state index >= 15 is 0 Å². The summed E-state index contributed by atoms with van der Waals surface area (Å²) < 4.78 is 0. The SMILES string of the molecule is Cc1ccc(C[C@H](C#N)Sc2n[nH]c(N)n2)cc1. The largest absolute Gasteiger partial charge is 0.368 e. The Morgan fingerprint density at radius 1 is 1.44 bits per heavy atom. The number of aromatic amines is 1. The number of rotatable bonds is 4. The van der Waals surface area contributed by atoms with Gasteiger partial charge in [-0.25, -0.2) is 5.10 Å². The number of thioether (sulfide) groups is 1. The predicted octanol–water partition coefficient (Wildman–Crippen LogP) is 1.92. The molecule has 0 amide bonds. The van der Waals surface area contributed by atoms with Crippen LogP contribution in [0.3, 0.4) is 0 Å². The van der Waals surface area contributed by atoms with Crippen LogP contribution in [0, 0.1) is 18.3 Å². The van der Waals surface area contributed by atoms with Crippen LogP contribution < -0.4 is 5.73 Å². The van der Waals surface area contributed by atoms with Gasteiger partial charge in [-0.3, -0.25) is 0 Å². The number of H-pyrrole nitrogens is 1. The third-order valence-electron chi connectivity index (χ3n) is 2.42. The number of hydrogen-bond donors (Lipinski definition) is 2. The van der Waals surface area contributed by atoms with Gasteiger partial charge in [0, 0.05) is 0 Å². The van der Waals surface area contributed by atoms with E-state index in [9.17, 15) is 0 Å². The fraction of sp³-hybridized carbons (Fsp3) is 0.250. The number of anilines is 1. The normalized spacial score (nSPS) is 12.0. The lowest BCUT2D eigenvalue weighted by atomic mass is 10.1. The summed E-state index contributed by atoms with van der Waals surface area (Å²) in [6, 6.07) is 10.4. The Morgan fingerprint density at radius 2 is 2.17 bits per heavy atom. The molecule has 2 rings (SSSR count). The molecule has 0 unspecified atom stereocenters. The zero-order chi connectivity index (χ0) is 13.0. The summed E-state index contributed by atoms with van der Waals surface area (Å²) in [6.45, 7) is 2.04. The lowest BCUT2D eigenvalue weighted by Gasteiger charge is -2.06. The first-order valence-electron chi connectivity index (χ1n) is 5.47. The van der Waals surface area contributed by atoms with Crippen molar-refractivity contribution in [3.05, 3.63) is 35.4 Å². The first-order chi connectivity index (χ1) is 8.67. The van der Waals surface area contributed by atoms with Crippen LogP contribution in [-0.2, 0) is 6.42 Å². The van der Waals surface area contributed by atoms with Crippen LogP contribution in [0.5, 0.6) is 0 Å². The monoisotopic (exact) mass is 259 g/mol. The van der Waals surface area contributed by atoms with Crippen molar-refractivity contribution >= 4 is 17.7 Å².